The zero-order valence-corrected chi connectivity index (χ0v) is 11.2. The van der Waals surface area contributed by atoms with E-state index >= 15 is 0 Å². The van der Waals surface area contributed by atoms with E-state index in [4.69, 9.17) is 24.8 Å². The maximum Gasteiger partial charge on any atom is 0.127 e. The molecule has 0 radical (unpaired) electrons. The van der Waals surface area contributed by atoms with Crippen LogP contribution < -0.4 is 20.7 Å². The molecule has 1 fully saturated rings. The molecule has 0 amide bonds. The maximum absolute atomic E-state index is 5.69. The van der Waals surface area contributed by atoms with Crippen molar-refractivity contribution in [3.8, 4) is 11.5 Å². The molecule has 3 N–H and O–H groups in total. The molecule has 1 saturated heterocycles. The smallest absolute Gasteiger partial charge is 0.127 e. The predicted molar refractivity (Wildman–Crippen MR) is 70.2 cm³/mol. The Morgan fingerprint density at radius 3 is 2.74 bits per heavy atom. The highest BCUT2D eigenvalue weighted by Crippen LogP contribution is 2.32. The summed E-state index contributed by atoms with van der Waals surface area (Å²) in [6.07, 6.45) is -0.138. The molecule has 2 rings (SSSR count). The van der Waals surface area contributed by atoms with Crippen molar-refractivity contribution in [2.75, 3.05) is 34.0 Å². The Hall–Kier alpha value is -1.34. The summed E-state index contributed by atoms with van der Waals surface area (Å²) in [7, 11) is 3.23. The van der Waals surface area contributed by atoms with Crippen LogP contribution in [0, 0.1) is 0 Å². The molecule has 6 heteroatoms. The lowest BCUT2D eigenvalue weighted by atomic mass is 10.0. The third-order valence-corrected chi connectivity index (χ3v) is 3.17. The number of benzene rings is 1. The van der Waals surface area contributed by atoms with Crippen LogP contribution in [0.5, 0.6) is 11.5 Å². The van der Waals surface area contributed by atoms with E-state index in [1.54, 1.807) is 14.2 Å². The first-order chi connectivity index (χ1) is 9.30. The zero-order chi connectivity index (χ0) is 13.7. The average molecular weight is 268 g/mol. The van der Waals surface area contributed by atoms with Gasteiger partial charge in [-0.25, -0.2) is 0 Å². The fraction of sp³-hybridized carbons (Fsp3) is 0.538. The maximum atomic E-state index is 5.69. The third kappa shape index (κ3) is 3.16. The number of rotatable bonds is 5. The topological polar surface area (TPSA) is 75.0 Å². The van der Waals surface area contributed by atoms with Crippen LogP contribution in [0.3, 0.4) is 0 Å². The van der Waals surface area contributed by atoms with Crippen molar-refractivity contribution < 1.29 is 18.9 Å². The highest BCUT2D eigenvalue weighted by molar-refractivity contribution is 5.43. The molecule has 106 valence electrons. The summed E-state index contributed by atoms with van der Waals surface area (Å²) in [5.41, 5.74) is 3.69. The summed E-state index contributed by atoms with van der Waals surface area (Å²) >= 11 is 0. The second kappa shape index (κ2) is 6.72. The molecule has 1 aliphatic heterocycles. The Morgan fingerprint density at radius 1 is 1.32 bits per heavy atom. The predicted octanol–water partition coefficient (Wildman–Crippen LogP) is 0.624. The number of ether oxygens (including phenoxy) is 4. The van der Waals surface area contributed by atoms with Gasteiger partial charge in [0, 0.05) is 11.6 Å². The quantitative estimate of drug-likeness (QED) is 0.602. The lowest BCUT2D eigenvalue weighted by Crippen LogP contribution is -2.43. The molecule has 2 unspecified atom stereocenters. The van der Waals surface area contributed by atoms with Crippen LogP contribution >= 0.6 is 0 Å². The molecule has 0 aromatic heterocycles. The molecule has 0 bridgehead atoms. The molecule has 1 aromatic carbocycles. The van der Waals surface area contributed by atoms with Gasteiger partial charge in [0.15, 0.2) is 0 Å². The molecular weight excluding hydrogens is 248 g/mol. The van der Waals surface area contributed by atoms with Gasteiger partial charge in [-0.15, -0.1) is 0 Å². The monoisotopic (exact) mass is 268 g/mol. The Kier molecular flexibility index (Phi) is 4.98. The normalized spacial score (nSPS) is 20.9. The second-order valence-electron chi connectivity index (χ2n) is 4.24. The van der Waals surface area contributed by atoms with Gasteiger partial charge in [-0.05, 0) is 12.1 Å². The number of nitrogens with one attached hydrogen (secondary N) is 1. The minimum atomic E-state index is -0.193. The number of hydrazine groups is 1. The van der Waals surface area contributed by atoms with E-state index in [1.165, 1.54) is 0 Å². The lowest BCUT2D eigenvalue weighted by molar-refractivity contribution is -0.102. The van der Waals surface area contributed by atoms with E-state index in [-0.39, 0.29) is 12.1 Å². The number of hydrogen-bond donors (Lipinski definition) is 2. The lowest BCUT2D eigenvalue weighted by Gasteiger charge is -2.31. The van der Waals surface area contributed by atoms with Crippen LogP contribution in [0.25, 0.3) is 0 Å². The van der Waals surface area contributed by atoms with Crippen molar-refractivity contribution in [1.29, 1.82) is 0 Å². The van der Waals surface area contributed by atoms with Crippen molar-refractivity contribution in [3.63, 3.8) is 0 Å². The first-order valence-electron chi connectivity index (χ1n) is 6.17. The van der Waals surface area contributed by atoms with Gasteiger partial charge in [-0.1, -0.05) is 0 Å². The Morgan fingerprint density at radius 2 is 2.16 bits per heavy atom. The van der Waals surface area contributed by atoms with Gasteiger partial charge < -0.3 is 18.9 Å². The fourth-order valence-corrected chi connectivity index (χ4v) is 2.17. The van der Waals surface area contributed by atoms with Crippen LogP contribution in [0.1, 0.15) is 11.6 Å². The molecular formula is C13H20N2O4. The van der Waals surface area contributed by atoms with E-state index in [2.05, 4.69) is 5.43 Å². The van der Waals surface area contributed by atoms with Crippen LogP contribution in [0.2, 0.25) is 0 Å². The van der Waals surface area contributed by atoms with Crippen LogP contribution in [-0.4, -0.2) is 40.1 Å². The molecule has 1 heterocycles. The second-order valence-corrected chi connectivity index (χ2v) is 4.24. The largest absolute Gasteiger partial charge is 0.497 e. The van der Waals surface area contributed by atoms with Crippen LogP contribution in [-0.2, 0) is 9.47 Å². The first-order valence-corrected chi connectivity index (χ1v) is 6.17. The molecule has 0 saturated carbocycles. The SMILES string of the molecule is COc1ccc(C(NN)C2COCCO2)c(OC)c1. The van der Waals surface area contributed by atoms with Crippen molar-refractivity contribution in [1.82, 2.24) is 5.43 Å². The molecule has 2 atom stereocenters. The van der Waals surface area contributed by atoms with E-state index < -0.39 is 0 Å². The standard InChI is InChI=1S/C13H20N2O4/c1-16-9-3-4-10(11(7-9)17-2)13(15-14)12-8-18-5-6-19-12/h3-4,7,12-13,15H,5-6,8,14H2,1-2H3. The van der Waals surface area contributed by atoms with Gasteiger partial charge in [0.2, 0.25) is 0 Å². The highest BCUT2D eigenvalue weighted by Gasteiger charge is 2.28. The van der Waals surface area contributed by atoms with Crippen molar-refractivity contribution in [3.05, 3.63) is 23.8 Å². The van der Waals surface area contributed by atoms with E-state index in [0.29, 0.717) is 25.6 Å². The van der Waals surface area contributed by atoms with Gasteiger partial charge in [-0.3, -0.25) is 11.3 Å². The molecule has 19 heavy (non-hydrogen) atoms. The summed E-state index contributed by atoms with van der Waals surface area (Å²) in [5, 5.41) is 0. The summed E-state index contributed by atoms with van der Waals surface area (Å²) < 4.78 is 21.7. The third-order valence-electron chi connectivity index (χ3n) is 3.17. The minimum absolute atomic E-state index is 0.138. The van der Waals surface area contributed by atoms with E-state index in [9.17, 15) is 0 Å². The Balaban J connectivity index is 2.26. The van der Waals surface area contributed by atoms with Gasteiger partial charge in [-0.2, -0.15) is 0 Å². The Labute approximate surface area is 112 Å². The number of methoxy groups -OCH3 is 2. The number of hydrogen-bond acceptors (Lipinski definition) is 6. The van der Waals surface area contributed by atoms with Gasteiger partial charge >= 0.3 is 0 Å². The summed E-state index contributed by atoms with van der Waals surface area (Å²) in [6.45, 7) is 1.69. The summed E-state index contributed by atoms with van der Waals surface area (Å²) in [4.78, 5) is 0. The minimum Gasteiger partial charge on any atom is -0.497 e. The van der Waals surface area contributed by atoms with Gasteiger partial charge in [0.1, 0.15) is 17.6 Å². The Bertz CT molecular complexity index is 408. The van der Waals surface area contributed by atoms with Crippen molar-refractivity contribution >= 4 is 0 Å². The fourth-order valence-electron chi connectivity index (χ4n) is 2.17. The van der Waals surface area contributed by atoms with Gasteiger partial charge in [0.05, 0.1) is 40.1 Å². The molecule has 0 spiro atoms. The molecule has 1 aromatic rings. The molecule has 1 aliphatic rings. The average Bonchev–Trinajstić information content (AvgIpc) is 2.49. The molecule has 0 aliphatic carbocycles. The van der Waals surface area contributed by atoms with Crippen molar-refractivity contribution in [2.24, 2.45) is 5.84 Å². The summed E-state index contributed by atoms with van der Waals surface area (Å²) in [6, 6.07) is 5.41. The van der Waals surface area contributed by atoms with Crippen molar-refractivity contribution in [2.45, 2.75) is 12.1 Å². The van der Waals surface area contributed by atoms with Crippen LogP contribution in [0.4, 0.5) is 0 Å². The van der Waals surface area contributed by atoms with Crippen LogP contribution in [0.15, 0.2) is 18.2 Å². The molecule has 6 nitrogen and oxygen atoms in total. The van der Waals surface area contributed by atoms with E-state index in [0.717, 1.165) is 11.3 Å². The first kappa shape index (κ1) is 14.1. The van der Waals surface area contributed by atoms with Gasteiger partial charge in [0.25, 0.3) is 0 Å². The zero-order valence-electron chi connectivity index (χ0n) is 11.2. The highest BCUT2D eigenvalue weighted by atomic mass is 16.6. The summed E-state index contributed by atoms with van der Waals surface area (Å²) in [5.74, 6) is 7.10. The van der Waals surface area contributed by atoms with E-state index in [1.807, 2.05) is 18.2 Å². The number of nitrogens with two attached hydrogens (primary N) is 1.